The molecule has 0 radical (unpaired) electrons. The van der Waals surface area contributed by atoms with Crippen LogP contribution in [0.25, 0.3) is 0 Å². The molecule has 1 amide bonds. The van der Waals surface area contributed by atoms with E-state index in [1.54, 1.807) is 0 Å². The number of phenols is 1. The van der Waals surface area contributed by atoms with Gasteiger partial charge in [0.1, 0.15) is 0 Å². The van der Waals surface area contributed by atoms with Crippen molar-refractivity contribution in [2.45, 2.75) is 12.8 Å². The zero-order chi connectivity index (χ0) is 14.9. The Labute approximate surface area is 113 Å². The van der Waals surface area contributed by atoms with Gasteiger partial charge >= 0.3 is 0 Å². The van der Waals surface area contributed by atoms with E-state index in [1.807, 2.05) is 6.07 Å². The summed E-state index contributed by atoms with van der Waals surface area (Å²) in [5.74, 6) is -7.46. The van der Waals surface area contributed by atoms with Crippen molar-refractivity contribution in [1.29, 1.82) is 5.26 Å². The monoisotopic (exact) mass is 284 g/mol. The summed E-state index contributed by atoms with van der Waals surface area (Å²) in [7, 11) is 0. The highest BCUT2D eigenvalue weighted by atomic mass is 19.2. The molecular formula is C13H11F3N2O2. The molecule has 1 fully saturated rings. The molecule has 1 aliphatic rings. The third-order valence-electron chi connectivity index (χ3n) is 3.25. The summed E-state index contributed by atoms with van der Waals surface area (Å²) in [6.45, 7) is 0.407. The van der Waals surface area contributed by atoms with E-state index in [0.29, 0.717) is 25.5 Å². The Hall–Kier alpha value is -2.23. The van der Waals surface area contributed by atoms with Crippen LogP contribution in [0.5, 0.6) is 5.75 Å². The second kappa shape index (κ2) is 5.41. The standard InChI is InChI=1S/C13H11F3N2O2/c14-9-4-8(10(15)12(19)11(9)16)13(20)18-3-1-2-7(5-17)6-18/h4,7,19H,1-3,6H2. The molecule has 0 aliphatic carbocycles. The fraction of sp³-hybridized carbons (Fsp3) is 0.385. The lowest BCUT2D eigenvalue weighted by atomic mass is 9.99. The van der Waals surface area contributed by atoms with Gasteiger partial charge in [-0.25, -0.2) is 8.78 Å². The van der Waals surface area contributed by atoms with Gasteiger partial charge in [-0.2, -0.15) is 9.65 Å². The van der Waals surface area contributed by atoms with Gasteiger partial charge in [0.25, 0.3) is 5.91 Å². The number of amides is 1. The summed E-state index contributed by atoms with van der Waals surface area (Å²) in [5, 5.41) is 17.9. The summed E-state index contributed by atoms with van der Waals surface area (Å²) < 4.78 is 39.8. The molecule has 1 N–H and O–H groups in total. The first-order valence-corrected chi connectivity index (χ1v) is 6.01. The molecule has 20 heavy (non-hydrogen) atoms. The second-order valence-electron chi connectivity index (χ2n) is 4.60. The van der Waals surface area contributed by atoms with Crippen molar-refractivity contribution >= 4 is 5.91 Å². The number of piperidine rings is 1. The molecule has 1 heterocycles. The van der Waals surface area contributed by atoms with Crippen LogP contribution in [-0.2, 0) is 0 Å². The lowest BCUT2D eigenvalue weighted by molar-refractivity contribution is 0.0692. The molecule has 1 saturated heterocycles. The molecule has 1 unspecified atom stereocenters. The fourth-order valence-corrected chi connectivity index (χ4v) is 2.18. The molecule has 1 aromatic rings. The van der Waals surface area contributed by atoms with E-state index in [1.165, 1.54) is 4.90 Å². The average molecular weight is 284 g/mol. The minimum Gasteiger partial charge on any atom is -0.503 e. The minimum atomic E-state index is -1.73. The van der Waals surface area contributed by atoms with Crippen molar-refractivity contribution in [3.63, 3.8) is 0 Å². The summed E-state index contributed by atoms with van der Waals surface area (Å²) in [6, 6.07) is 2.43. The minimum absolute atomic E-state index is 0.106. The number of rotatable bonds is 1. The van der Waals surface area contributed by atoms with Crippen molar-refractivity contribution in [3.8, 4) is 11.8 Å². The van der Waals surface area contributed by atoms with E-state index in [-0.39, 0.29) is 12.5 Å². The van der Waals surface area contributed by atoms with E-state index >= 15 is 0 Å². The van der Waals surface area contributed by atoms with Gasteiger partial charge < -0.3 is 10.0 Å². The number of nitrogens with zero attached hydrogens (tertiary/aromatic N) is 2. The first kappa shape index (κ1) is 14.2. The van der Waals surface area contributed by atoms with Gasteiger partial charge in [-0.3, -0.25) is 4.79 Å². The third kappa shape index (κ3) is 2.41. The maximum atomic E-state index is 13.7. The van der Waals surface area contributed by atoms with Crippen molar-refractivity contribution in [2.24, 2.45) is 5.92 Å². The maximum Gasteiger partial charge on any atom is 0.257 e. The SMILES string of the molecule is N#CC1CCCN(C(=O)c2cc(F)c(F)c(O)c2F)C1. The second-order valence-corrected chi connectivity index (χ2v) is 4.60. The fourth-order valence-electron chi connectivity index (χ4n) is 2.18. The highest BCUT2D eigenvalue weighted by molar-refractivity contribution is 5.95. The van der Waals surface area contributed by atoms with Crippen LogP contribution in [0.2, 0.25) is 0 Å². The molecule has 7 heteroatoms. The van der Waals surface area contributed by atoms with E-state index in [2.05, 4.69) is 0 Å². The molecule has 0 spiro atoms. The van der Waals surface area contributed by atoms with Crippen LogP contribution in [-0.4, -0.2) is 29.0 Å². The Balaban J connectivity index is 2.32. The molecule has 1 atom stereocenters. The Kier molecular flexibility index (Phi) is 3.84. The normalized spacial score (nSPS) is 18.7. The molecule has 2 rings (SSSR count). The summed E-state index contributed by atoms with van der Waals surface area (Å²) >= 11 is 0. The number of nitriles is 1. The Morgan fingerprint density at radius 1 is 1.40 bits per heavy atom. The zero-order valence-corrected chi connectivity index (χ0v) is 10.4. The van der Waals surface area contributed by atoms with Crippen molar-refractivity contribution in [1.82, 2.24) is 4.90 Å². The highest BCUT2D eigenvalue weighted by Crippen LogP contribution is 2.27. The van der Waals surface area contributed by atoms with Crippen LogP contribution in [0.15, 0.2) is 6.07 Å². The zero-order valence-electron chi connectivity index (χ0n) is 10.4. The number of carbonyl (C=O) groups is 1. The van der Waals surface area contributed by atoms with Crippen LogP contribution in [0.3, 0.4) is 0 Å². The predicted molar refractivity (Wildman–Crippen MR) is 62.2 cm³/mol. The molecule has 0 saturated carbocycles. The van der Waals surface area contributed by atoms with E-state index in [0.717, 1.165) is 0 Å². The largest absolute Gasteiger partial charge is 0.503 e. The number of hydrogen-bond acceptors (Lipinski definition) is 3. The maximum absolute atomic E-state index is 13.7. The van der Waals surface area contributed by atoms with E-state index < -0.39 is 34.7 Å². The van der Waals surface area contributed by atoms with Crippen molar-refractivity contribution in [3.05, 3.63) is 29.1 Å². The number of aromatic hydroxyl groups is 1. The molecule has 1 aromatic carbocycles. The van der Waals surface area contributed by atoms with Gasteiger partial charge in [-0.1, -0.05) is 0 Å². The number of halogens is 3. The quantitative estimate of drug-likeness (QED) is 0.804. The molecular weight excluding hydrogens is 273 g/mol. The predicted octanol–water partition coefficient (Wildman–Crippen LogP) is 2.19. The molecule has 106 valence electrons. The number of benzene rings is 1. The Bertz CT molecular complexity index is 598. The van der Waals surface area contributed by atoms with E-state index in [4.69, 9.17) is 10.4 Å². The smallest absolute Gasteiger partial charge is 0.257 e. The van der Waals surface area contributed by atoms with Crippen LogP contribution >= 0.6 is 0 Å². The number of likely N-dealkylation sites (tertiary alicyclic amines) is 1. The van der Waals surface area contributed by atoms with Gasteiger partial charge in [0, 0.05) is 13.1 Å². The lowest BCUT2D eigenvalue weighted by Crippen LogP contribution is -2.40. The number of carbonyl (C=O) groups excluding carboxylic acids is 1. The average Bonchev–Trinajstić information content (AvgIpc) is 2.48. The topological polar surface area (TPSA) is 64.3 Å². The van der Waals surface area contributed by atoms with E-state index in [9.17, 15) is 18.0 Å². The van der Waals surface area contributed by atoms with Crippen molar-refractivity contribution in [2.75, 3.05) is 13.1 Å². The molecule has 1 aliphatic heterocycles. The van der Waals surface area contributed by atoms with Gasteiger partial charge in [0.2, 0.25) is 5.82 Å². The molecule has 0 bridgehead atoms. The Morgan fingerprint density at radius 2 is 2.10 bits per heavy atom. The van der Waals surface area contributed by atoms with Gasteiger partial charge in [-0.15, -0.1) is 0 Å². The molecule has 0 aromatic heterocycles. The first-order valence-electron chi connectivity index (χ1n) is 6.01. The first-order chi connectivity index (χ1) is 9.45. The van der Waals surface area contributed by atoms with Gasteiger partial charge in [0.15, 0.2) is 17.4 Å². The van der Waals surface area contributed by atoms with Crippen LogP contribution in [0, 0.1) is 34.7 Å². The van der Waals surface area contributed by atoms with Crippen molar-refractivity contribution < 1.29 is 23.1 Å². The van der Waals surface area contributed by atoms with Gasteiger partial charge in [0.05, 0.1) is 17.6 Å². The van der Waals surface area contributed by atoms with Crippen LogP contribution in [0.1, 0.15) is 23.2 Å². The lowest BCUT2D eigenvalue weighted by Gasteiger charge is -2.29. The van der Waals surface area contributed by atoms with Gasteiger partial charge in [-0.05, 0) is 18.9 Å². The highest BCUT2D eigenvalue weighted by Gasteiger charge is 2.29. The number of hydrogen-bond donors (Lipinski definition) is 1. The van der Waals surface area contributed by atoms with Crippen LogP contribution < -0.4 is 0 Å². The summed E-state index contributed by atoms with van der Waals surface area (Å²) in [4.78, 5) is 13.3. The third-order valence-corrected chi connectivity index (χ3v) is 3.25. The summed E-state index contributed by atoms with van der Waals surface area (Å²) in [5.41, 5.74) is -0.736. The summed E-state index contributed by atoms with van der Waals surface area (Å²) in [6.07, 6.45) is 1.20. The molecule has 4 nitrogen and oxygen atoms in total. The van der Waals surface area contributed by atoms with Crippen LogP contribution in [0.4, 0.5) is 13.2 Å². The number of phenolic OH excluding ortho intramolecular Hbond substituents is 1. The Morgan fingerprint density at radius 3 is 2.75 bits per heavy atom.